The maximum Gasteiger partial charge on any atom is 0.407 e. The number of hydrogen-bond acceptors (Lipinski definition) is 4. The number of amides is 1. The van der Waals surface area contributed by atoms with Crippen LogP contribution in [0, 0.1) is 6.92 Å². The molecule has 116 valence electrons. The van der Waals surface area contributed by atoms with Crippen molar-refractivity contribution in [2.45, 2.75) is 19.4 Å². The van der Waals surface area contributed by atoms with Crippen molar-refractivity contribution in [3.63, 3.8) is 0 Å². The Morgan fingerprint density at radius 3 is 2.95 bits per heavy atom. The van der Waals surface area contributed by atoms with Crippen LogP contribution in [0.5, 0.6) is 11.5 Å². The molecule has 1 atom stereocenters. The molecule has 21 heavy (non-hydrogen) atoms. The topological polar surface area (TPSA) is 71.0 Å². The third-order valence-corrected chi connectivity index (χ3v) is 3.70. The Balaban J connectivity index is 1.83. The number of ether oxygens (including phenoxy) is 2. The Hall–Kier alpha value is -1.95. The van der Waals surface area contributed by atoms with Gasteiger partial charge in [0.05, 0.1) is 13.7 Å². The molecule has 1 aromatic rings. The summed E-state index contributed by atoms with van der Waals surface area (Å²) in [7, 11) is 1.64. The number of benzene rings is 1. The molecule has 6 nitrogen and oxygen atoms in total. The molecular weight excluding hydrogens is 272 g/mol. The number of piperazine rings is 1. The summed E-state index contributed by atoms with van der Waals surface area (Å²) in [6.07, 6.45) is -0.0912. The summed E-state index contributed by atoms with van der Waals surface area (Å²) in [6.45, 7) is 4.24. The highest BCUT2D eigenvalue weighted by Crippen LogP contribution is 2.27. The molecule has 0 unspecified atom stereocenters. The Morgan fingerprint density at radius 2 is 2.24 bits per heavy atom. The van der Waals surface area contributed by atoms with Gasteiger partial charge in [-0.25, -0.2) is 4.79 Å². The number of carbonyl (C=O) groups is 1. The minimum atomic E-state index is -0.856. The van der Waals surface area contributed by atoms with Crippen LogP contribution in [0.25, 0.3) is 0 Å². The zero-order valence-electron chi connectivity index (χ0n) is 12.5. The lowest BCUT2D eigenvalue weighted by Gasteiger charge is -2.31. The molecule has 1 heterocycles. The van der Waals surface area contributed by atoms with Gasteiger partial charge in [-0.3, -0.25) is 0 Å². The second-order valence-corrected chi connectivity index (χ2v) is 5.10. The summed E-state index contributed by atoms with van der Waals surface area (Å²) < 4.78 is 11.0. The Kier molecular flexibility index (Phi) is 5.27. The molecule has 1 fully saturated rings. The average Bonchev–Trinajstić information content (AvgIpc) is 2.49. The molecule has 0 bridgehead atoms. The highest BCUT2D eigenvalue weighted by Gasteiger charge is 2.22. The van der Waals surface area contributed by atoms with Gasteiger partial charge < -0.3 is 24.8 Å². The van der Waals surface area contributed by atoms with Crippen LogP contribution in [-0.2, 0) is 0 Å². The minimum absolute atomic E-state index is 0.140. The van der Waals surface area contributed by atoms with Crippen molar-refractivity contribution in [2.24, 2.45) is 0 Å². The van der Waals surface area contributed by atoms with Crippen LogP contribution >= 0.6 is 0 Å². The maximum absolute atomic E-state index is 11.0. The van der Waals surface area contributed by atoms with Crippen LogP contribution in [0.3, 0.4) is 0 Å². The van der Waals surface area contributed by atoms with Crippen LogP contribution in [0.4, 0.5) is 4.79 Å². The average molecular weight is 294 g/mol. The summed E-state index contributed by atoms with van der Waals surface area (Å²) in [5, 5.41) is 12.3. The molecule has 1 aromatic carbocycles. The fourth-order valence-corrected chi connectivity index (χ4v) is 2.48. The summed E-state index contributed by atoms with van der Waals surface area (Å²) in [5.41, 5.74) is 0.976. The SMILES string of the molecule is COc1cccc(OCC[C@@H]2CN(C(=O)O)CCN2)c1C. The van der Waals surface area contributed by atoms with Crippen LogP contribution in [0.1, 0.15) is 12.0 Å². The van der Waals surface area contributed by atoms with Crippen molar-refractivity contribution in [3.05, 3.63) is 23.8 Å². The van der Waals surface area contributed by atoms with E-state index in [0.29, 0.717) is 26.2 Å². The van der Waals surface area contributed by atoms with Gasteiger partial charge in [-0.05, 0) is 25.5 Å². The van der Waals surface area contributed by atoms with E-state index in [1.165, 1.54) is 4.90 Å². The van der Waals surface area contributed by atoms with Gasteiger partial charge in [0.2, 0.25) is 0 Å². The smallest absolute Gasteiger partial charge is 0.407 e. The molecule has 0 spiro atoms. The van der Waals surface area contributed by atoms with Gasteiger partial charge in [0, 0.05) is 31.2 Å². The lowest BCUT2D eigenvalue weighted by Crippen LogP contribution is -2.52. The van der Waals surface area contributed by atoms with E-state index < -0.39 is 6.09 Å². The highest BCUT2D eigenvalue weighted by molar-refractivity contribution is 5.65. The zero-order valence-corrected chi connectivity index (χ0v) is 12.5. The van der Waals surface area contributed by atoms with Gasteiger partial charge >= 0.3 is 6.09 Å². The van der Waals surface area contributed by atoms with Crippen LogP contribution < -0.4 is 14.8 Å². The predicted molar refractivity (Wildman–Crippen MR) is 79.2 cm³/mol. The van der Waals surface area contributed by atoms with Crippen molar-refractivity contribution in [3.8, 4) is 11.5 Å². The molecule has 1 aliphatic rings. The quantitative estimate of drug-likeness (QED) is 0.865. The minimum Gasteiger partial charge on any atom is -0.496 e. The van der Waals surface area contributed by atoms with Gasteiger partial charge in [-0.2, -0.15) is 0 Å². The van der Waals surface area contributed by atoms with Gasteiger partial charge in [0.25, 0.3) is 0 Å². The van der Waals surface area contributed by atoms with E-state index in [9.17, 15) is 4.79 Å². The van der Waals surface area contributed by atoms with Gasteiger partial charge in [-0.1, -0.05) is 6.07 Å². The molecule has 2 N–H and O–H groups in total. The first kappa shape index (κ1) is 15.4. The first-order valence-electron chi connectivity index (χ1n) is 7.09. The molecule has 6 heteroatoms. The molecule has 1 amide bonds. The lowest BCUT2D eigenvalue weighted by atomic mass is 10.1. The summed E-state index contributed by atoms with van der Waals surface area (Å²) in [5.74, 6) is 1.61. The maximum atomic E-state index is 11.0. The third kappa shape index (κ3) is 4.01. The Bertz CT molecular complexity index is 493. The van der Waals surface area contributed by atoms with E-state index in [-0.39, 0.29) is 6.04 Å². The van der Waals surface area contributed by atoms with Crippen LogP contribution in [-0.4, -0.2) is 55.5 Å². The first-order valence-corrected chi connectivity index (χ1v) is 7.09. The van der Waals surface area contributed by atoms with E-state index in [4.69, 9.17) is 14.6 Å². The number of nitrogens with zero attached hydrogens (tertiary/aromatic N) is 1. The van der Waals surface area contributed by atoms with E-state index in [1.54, 1.807) is 7.11 Å². The number of rotatable bonds is 5. The van der Waals surface area contributed by atoms with Crippen LogP contribution in [0.15, 0.2) is 18.2 Å². The molecule has 2 rings (SSSR count). The second kappa shape index (κ2) is 7.17. The van der Waals surface area contributed by atoms with E-state index in [2.05, 4.69) is 5.32 Å². The van der Waals surface area contributed by atoms with Crippen LogP contribution in [0.2, 0.25) is 0 Å². The number of hydrogen-bond donors (Lipinski definition) is 2. The lowest BCUT2D eigenvalue weighted by molar-refractivity contribution is 0.124. The Morgan fingerprint density at radius 1 is 1.48 bits per heavy atom. The van der Waals surface area contributed by atoms with Gasteiger partial charge in [0.15, 0.2) is 0 Å². The van der Waals surface area contributed by atoms with E-state index >= 15 is 0 Å². The molecule has 0 aromatic heterocycles. The number of carboxylic acid groups (broad SMARTS) is 1. The molecule has 1 saturated heterocycles. The largest absolute Gasteiger partial charge is 0.496 e. The van der Waals surface area contributed by atoms with Crippen molar-refractivity contribution in [2.75, 3.05) is 33.4 Å². The standard InChI is InChI=1S/C15H22N2O4/c1-11-13(20-2)4-3-5-14(11)21-9-6-12-10-17(15(18)19)8-7-16-12/h3-5,12,16H,6-10H2,1-2H3,(H,18,19)/t12-/m1/s1. The summed E-state index contributed by atoms with van der Waals surface area (Å²) in [4.78, 5) is 12.4. The highest BCUT2D eigenvalue weighted by atomic mass is 16.5. The van der Waals surface area contributed by atoms with E-state index in [0.717, 1.165) is 23.5 Å². The predicted octanol–water partition coefficient (Wildman–Crippen LogP) is 1.72. The number of nitrogens with one attached hydrogen (secondary N) is 1. The monoisotopic (exact) mass is 294 g/mol. The molecule has 0 radical (unpaired) electrons. The third-order valence-electron chi connectivity index (χ3n) is 3.70. The van der Waals surface area contributed by atoms with Crippen molar-refractivity contribution in [1.82, 2.24) is 10.2 Å². The van der Waals surface area contributed by atoms with Crippen molar-refractivity contribution in [1.29, 1.82) is 0 Å². The van der Waals surface area contributed by atoms with E-state index in [1.807, 2.05) is 25.1 Å². The normalized spacial score (nSPS) is 18.4. The van der Waals surface area contributed by atoms with Crippen molar-refractivity contribution >= 4 is 6.09 Å². The van der Waals surface area contributed by atoms with Gasteiger partial charge in [0.1, 0.15) is 11.5 Å². The fraction of sp³-hybridized carbons (Fsp3) is 0.533. The number of methoxy groups -OCH3 is 1. The molecule has 0 saturated carbocycles. The molecule has 1 aliphatic heterocycles. The zero-order chi connectivity index (χ0) is 15.2. The summed E-state index contributed by atoms with van der Waals surface area (Å²) >= 11 is 0. The van der Waals surface area contributed by atoms with Crippen molar-refractivity contribution < 1.29 is 19.4 Å². The molecule has 0 aliphatic carbocycles. The first-order chi connectivity index (χ1) is 10.1. The van der Waals surface area contributed by atoms with Gasteiger partial charge in [-0.15, -0.1) is 0 Å². The second-order valence-electron chi connectivity index (χ2n) is 5.10. The molecular formula is C15H22N2O4. The Labute approximate surface area is 124 Å². The summed E-state index contributed by atoms with van der Waals surface area (Å²) in [6, 6.07) is 5.85. The fourth-order valence-electron chi connectivity index (χ4n) is 2.48.